The van der Waals surface area contributed by atoms with Gasteiger partial charge in [0.1, 0.15) is 0 Å². The number of aromatic nitrogens is 4. The van der Waals surface area contributed by atoms with Crippen LogP contribution in [0.4, 0.5) is 0 Å². The molecule has 2 N–H and O–H groups in total. The minimum absolute atomic E-state index is 1.14. The summed E-state index contributed by atoms with van der Waals surface area (Å²) in [6, 6.07) is 56.8. The van der Waals surface area contributed by atoms with Crippen LogP contribution >= 0.6 is 0 Å². The lowest BCUT2D eigenvalue weighted by atomic mass is 10.0. The predicted octanol–water partition coefficient (Wildman–Crippen LogP) is 12.1. The normalized spacial score (nSPS) is 12.0. The summed E-state index contributed by atoms with van der Waals surface area (Å²) in [5.74, 6) is 0. The van der Waals surface area contributed by atoms with Gasteiger partial charge in [-0.25, -0.2) is 0 Å². The average molecular weight is 639 g/mol. The maximum absolute atomic E-state index is 3.83. The number of H-pyrrole nitrogens is 2. The zero-order valence-electron chi connectivity index (χ0n) is 27.1. The van der Waals surface area contributed by atoms with E-state index in [1.807, 2.05) is 0 Å². The third kappa shape index (κ3) is 3.87. The number of nitrogens with one attached hydrogen (secondary N) is 2. The Hall–Kier alpha value is -6.78. The van der Waals surface area contributed by atoms with Crippen molar-refractivity contribution in [3.05, 3.63) is 170 Å². The molecule has 0 aliphatic rings. The van der Waals surface area contributed by atoms with Crippen LogP contribution < -0.4 is 0 Å². The molecule has 234 valence electrons. The lowest BCUT2D eigenvalue weighted by molar-refractivity contribution is 1.21. The molecular formula is C46H30N4. The van der Waals surface area contributed by atoms with E-state index in [9.17, 15) is 0 Å². The molecule has 0 aliphatic carbocycles. The summed E-state index contributed by atoms with van der Waals surface area (Å²) < 4.78 is 4.65. The van der Waals surface area contributed by atoms with Crippen LogP contribution in [-0.4, -0.2) is 18.8 Å². The zero-order chi connectivity index (χ0) is 32.8. The molecule has 6 heterocycles. The second-order valence-electron chi connectivity index (χ2n) is 13.2. The summed E-state index contributed by atoms with van der Waals surface area (Å²) in [6.07, 6.45) is 4.35. The second-order valence-corrected chi connectivity index (χ2v) is 13.2. The summed E-state index contributed by atoms with van der Waals surface area (Å²) in [7, 11) is 0. The van der Waals surface area contributed by atoms with Crippen LogP contribution in [0.25, 0.3) is 99.4 Å². The molecule has 0 spiro atoms. The van der Waals surface area contributed by atoms with Gasteiger partial charge in [0.15, 0.2) is 0 Å². The number of pyridine rings is 2. The molecule has 0 atom stereocenters. The highest BCUT2D eigenvalue weighted by Crippen LogP contribution is 2.42. The van der Waals surface area contributed by atoms with Crippen molar-refractivity contribution in [2.24, 2.45) is 0 Å². The minimum Gasteiger partial charge on any atom is -0.353 e. The van der Waals surface area contributed by atoms with Gasteiger partial charge in [0.05, 0.1) is 33.5 Å². The Morgan fingerprint density at radius 1 is 0.340 bits per heavy atom. The summed E-state index contributed by atoms with van der Waals surface area (Å²) >= 11 is 0. The van der Waals surface area contributed by atoms with E-state index in [1.54, 1.807) is 0 Å². The summed E-state index contributed by atoms with van der Waals surface area (Å²) in [4.78, 5) is 7.62. The van der Waals surface area contributed by atoms with Crippen LogP contribution in [0.2, 0.25) is 0 Å². The van der Waals surface area contributed by atoms with E-state index in [0.717, 1.165) is 16.6 Å². The number of rotatable bonds is 4. The Labute approximate surface area is 287 Å². The van der Waals surface area contributed by atoms with E-state index >= 15 is 0 Å². The van der Waals surface area contributed by atoms with E-state index < -0.39 is 0 Å². The first-order chi connectivity index (χ1) is 24.8. The Morgan fingerprint density at radius 3 is 1.38 bits per heavy atom. The number of benzene rings is 5. The van der Waals surface area contributed by atoms with Crippen molar-refractivity contribution in [1.82, 2.24) is 18.8 Å². The fraction of sp³-hybridized carbons (Fsp3) is 0. The molecule has 0 saturated heterocycles. The predicted molar refractivity (Wildman–Crippen MR) is 209 cm³/mol. The van der Waals surface area contributed by atoms with Gasteiger partial charge >= 0.3 is 0 Å². The minimum atomic E-state index is 1.14. The Bertz CT molecular complexity index is 3080. The van der Waals surface area contributed by atoms with Crippen molar-refractivity contribution in [2.45, 2.75) is 0 Å². The van der Waals surface area contributed by atoms with Gasteiger partial charge in [0.2, 0.25) is 0 Å². The molecule has 0 bridgehead atoms. The molecule has 4 heteroatoms. The fourth-order valence-corrected chi connectivity index (χ4v) is 8.19. The molecule has 5 aromatic carbocycles. The Kier molecular flexibility index (Phi) is 5.63. The molecule has 0 radical (unpaired) electrons. The first kappa shape index (κ1) is 27.2. The molecule has 0 aliphatic heterocycles. The molecule has 0 saturated carbocycles. The monoisotopic (exact) mass is 638 g/mol. The van der Waals surface area contributed by atoms with Crippen LogP contribution in [0.1, 0.15) is 0 Å². The first-order valence-electron chi connectivity index (χ1n) is 17.1. The standard InChI is InChI=1S/C46H30N4/c1-3-12-29(13-4-1)31-16-11-17-34(26-31)46-44-42(40-19-8-10-25-50(40)46)36-28-33(21-23-38(36)48-44)32-20-22-37-35(27-32)41-39-18-7-9-24-49(39)45(43(41)47-37)30-14-5-2-6-15-30/h1-28,47-48H. The topological polar surface area (TPSA) is 40.4 Å². The molecule has 50 heavy (non-hydrogen) atoms. The number of aromatic amines is 2. The van der Waals surface area contributed by atoms with Crippen molar-refractivity contribution in [3.8, 4) is 44.8 Å². The Morgan fingerprint density at radius 2 is 0.800 bits per heavy atom. The van der Waals surface area contributed by atoms with Crippen molar-refractivity contribution < 1.29 is 0 Å². The molecule has 0 fully saturated rings. The summed E-state index contributed by atoms with van der Waals surface area (Å²) in [5.41, 5.74) is 16.6. The molecular weight excluding hydrogens is 609 g/mol. The van der Waals surface area contributed by atoms with Gasteiger partial charge < -0.3 is 18.8 Å². The van der Waals surface area contributed by atoms with E-state index in [2.05, 4.69) is 189 Å². The van der Waals surface area contributed by atoms with Gasteiger partial charge in [-0.1, -0.05) is 103 Å². The van der Waals surface area contributed by atoms with Gasteiger partial charge in [-0.05, 0) is 76.9 Å². The SMILES string of the molecule is c1ccc(-c2cccc(-c3c4[nH]c5ccc(-c6ccc7[nH]c8c(-c9ccccc9)n9ccccc9c8c7c6)cc5c4c4ccccn34)c2)cc1. The highest BCUT2D eigenvalue weighted by Gasteiger charge is 2.21. The highest BCUT2D eigenvalue weighted by atomic mass is 14.9. The second kappa shape index (κ2) is 10.4. The van der Waals surface area contributed by atoms with Gasteiger partial charge in [-0.3, -0.25) is 0 Å². The van der Waals surface area contributed by atoms with E-state index in [0.29, 0.717) is 0 Å². The molecule has 0 amide bonds. The first-order valence-corrected chi connectivity index (χ1v) is 17.1. The number of hydrogen-bond acceptors (Lipinski definition) is 0. The quantitative estimate of drug-likeness (QED) is 0.193. The van der Waals surface area contributed by atoms with Crippen LogP contribution in [0, 0.1) is 0 Å². The lowest BCUT2D eigenvalue weighted by Gasteiger charge is -2.08. The third-order valence-corrected chi connectivity index (χ3v) is 10.4. The van der Waals surface area contributed by atoms with Crippen molar-refractivity contribution in [2.75, 3.05) is 0 Å². The van der Waals surface area contributed by atoms with E-state index in [4.69, 9.17) is 0 Å². The van der Waals surface area contributed by atoms with Crippen LogP contribution in [-0.2, 0) is 0 Å². The van der Waals surface area contributed by atoms with Crippen LogP contribution in [0.15, 0.2) is 170 Å². The van der Waals surface area contributed by atoms with Crippen molar-refractivity contribution in [1.29, 1.82) is 0 Å². The molecule has 4 nitrogen and oxygen atoms in total. The molecule has 11 aromatic rings. The molecule has 0 unspecified atom stereocenters. The molecule has 6 aromatic heterocycles. The third-order valence-electron chi connectivity index (χ3n) is 10.4. The van der Waals surface area contributed by atoms with Crippen molar-refractivity contribution >= 4 is 54.6 Å². The largest absolute Gasteiger partial charge is 0.353 e. The van der Waals surface area contributed by atoms with E-state index in [1.165, 1.54) is 82.9 Å². The van der Waals surface area contributed by atoms with E-state index in [-0.39, 0.29) is 0 Å². The van der Waals surface area contributed by atoms with Gasteiger partial charge in [-0.2, -0.15) is 0 Å². The lowest BCUT2D eigenvalue weighted by Crippen LogP contribution is -1.89. The zero-order valence-corrected chi connectivity index (χ0v) is 27.1. The van der Waals surface area contributed by atoms with Crippen LogP contribution in [0.5, 0.6) is 0 Å². The Balaban J connectivity index is 1.11. The molecule has 11 rings (SSSR count). The number of hydrogen-bond donors (Lipinski definition) is 2. The number of fused-ring (bicyclic) bond motifs is 10. The fourth-order valence-electron chi connectivity index (χ4n) is 8.19. The average Bonchev–Trinajstić information content (AvgIpc) is 3.91. The van der Waals surface area contributed by atoms with Gasteiger partial charge in [-0.15, -0.1) is 0 Å². The number of nitrogens with zero attached hydrogens (tertiary/aromatic N) is 2. The summed E-state index contributed by atoms with van der Waals surface area (Å²) in [6.45, 7) is 0. The van der Waals surface area contributed by atoms with Crippen LogP contribution in [0.3, 0.4) is 0 Å². The maximum Gasteiger partial charge on any atom is 0.0772 e. The summed E-state index contributed by atoms with van der Waals surface area (Å²) in [5, 5.41) is 4.97. The highest BCUT2D eigenvalue weighted by molar-refractivity contribution is 6.22. The van der Waals surface area contributed by atoms with Gasteiger partial charge in [0.25, 0.3) is 0 Å². The maximum atomic E-state index is 3.83. The van der Waals surface area contributed by atoms with Gasteiger partial charge in [0, 0.05) is 56.1 Å². The van der Waals surface area contributed by atoms with Crippen molar-refractivity contribution in [3.63, 3.8) is 0 Å². The smallest absolute Gasteiger partial charge is 0.0772 e.